The molecule has 0 fully saturated rings. The quantitative estimate of drug-likeness (QED) is 0.491. The van der Waals surface area contributed by atoms with Crippen molar-refractivity contribution in [2.24, 2.45) is 4.99 Å². The van der Waals surface area contributed by atoms with Gasteiger partial charge in [-0.15, -0.1) is 0 Å². The molecule has 3 aromatic carbocycles. The van der Waals surface area contributed by atoms with Crippen LogP contribution in [0, 0.1) is 0 Å². The third kappa shape index (κ3) is 3.95. The Balaban J connectivity index is 1.58. The minimum atomic E-state index is 0.789. The lowest BCUT2D eigenvalue weighted by atomic mass is 9.96. The number of fused-ring (bicyclic) bond motifs is 2. The van der Waals surface area contributed by atoms with Crippen LogP contribution in [0.2, 0.25) is 0 Å². The average Bonchev–Trinajstić information content (AvgIpc) is 2.72. The second kappa shape index (κ2) is 8.22. The molecule has 0 N–H and O–H groups in total. The Morgan fingerprint density at radius 3 is 2.81 bits per heavy atom. The Hall–Kier alpha value is -2.87. The first-order chi connectivity index (χ1) is 13.3. The van der Waals surface area contributed by atoms with Gasteiger partial charge in [0, 0.05) is 12.1 Å². The van der Waals surface area contributed by atoms with Gasteiger partial charge in [-0.1, -0.05) is 61.9 Å². The van der Waals surface area contributed by atoms with E-state index in [1.165, 1.54) is 27.5 Å². The van der Waals surface area contributed by atoms with E-state index in [4.69, 9.17) is 9.73 Å². The maximum absolute atomic E-state index is 5.87. The molecule has 0 atom stereocenters. The van der Waals surface area contributed by atoms with Crippen LogP contribution >= 0.6 is 0 Å². The lowest BCUT2D eigenvalue weighted by Crippen LogP contribution is -2.11. The molecule has 0 aliphatic carbocycles. The number of unbranched alkanes of at least 4 members (excludes halogenated alkanes) is 1. The summed E-state index contributed by atoms with van der Waals surface area (Å²) in [4.78, 5) is 4.76. The SMILES string of the molecule is CCCCOc1ccc2c(c1)CCN=C2C=Cc1cccc2ccccc12. The maximum atomic E-state index is 5.87. The molecule has 0 saturated carbocycles. The molecule has 0 radical (unpaired) electrons. The molecule has 1 aliphatic heterocycles. The van der Waals surface area contributed by atoms with Gasteiger partial charge in [0.25, 0.3) is 0 Å². The molecule has 1 heterocycles. The van der Waals surface area contributed by atoms with E-state index < -0.39 is 0 Å². The molecule has 136 valence electrons. The van der Waals surface area contributed by atoms with Crippen LogP contribution in [-0.4, -0.2) is 18.9 Å². The smallest absolute Gasteiger partial charge is 0.119 e. The van der Waals surface area contributed by atoms with Crippen molar-refractivity contribution in [3.05, 3.63) is 83.4 Å². The Morgan fingerprint density at radius 2 is 1.89 bits per heavy atom. The van der Waals surface area contributed by atoms with Crippen molar-refractivity contribution in [3.63, 3.8) is 0 Å². The summed E-state index contributed by atoms with van der Waals surface area (Å²) in [5.74, 6) is 0.974. The number of rotatable bonds is 6. The molecule has 0 aromatic heterocycles. The number of hydrogen-bond acceptors (Lipinski definition) is 2. The van der Waals surface area contributed by atoms with Crippen molar-refractivity contribution < 1.29 is 4.74 Å². The predicted molar refractivity (Wildman–Crippen MR) is 115 cm³/mol. The zero-order valence-corrected chi connectivity index (χ0v) is 15.8. The minimum Gasteiger partial charge on any atom is -0.494 e. The van der Waals surface area contributed by atoms with Crippen molar-refractivity contribution >= 4 is 22.6 Å². The van der Waals surface area contributed by atoms with Gasteiger partial charge in [-0.3, -0.25) is 4.99 Å². The fraction of sp³-hybridized carbons (Fsp3) is 0.240. The van der Waals surface area contributed by atoms with E-state index in [1.807, 2.05) is 0 Å². The van der Waals surface area contributed by atoms with Crippen LogP contribution in [0.4, 0.5) is 0 Å². The van der Waals surface area contributed by atoms with Gasteiger partial charge >= 0.3 is 0 Å². The first-order valence-corrected chi connectivity index (χ1v) is 9.81. The van der Waals surface area contributed by atoms with Crippen LogP contribution in [0.3, 0.4) is 0 Å². The predicted octanol–water partition coefficient (Wildman–Crippen LogP) is 6.08. The van der Waals surface area contributed by atoms with Crippen LogP contribution in [0.25, 0.3) is 16.8 Å². The van der Waals surface area contributed by atoms with Crippen molar-refractivity contribution in [1.82, 2.24) is 0 Å². The molecule has 0 unspecified atom stereocenters. The van der Waals surface area contributed by atoms with E-state index in [0.29, 0.717) is 0 Å². The molecule has 4 rings (SSSR count). The molecular weight excluding hydrogens is 330 g/mol. The molecule has 2 heteroatoms. The average molecular weight is 355 g/mol. The van der Waals surface area contributed by atoms with Gasteiger partial charge in [-0.05, 0) is 59.0 Å². The van der Waals surface area contributed by atoms with Gasteiger partial charge < -0.3 is 4.74 Å². The van der Waals surface area contributed by atoms with Gasteiger partial charge in [0.15, 0.2) is 0 Å². The Labute approximate surface area is 161 Å². The van der Waals surface area contributed by atoms with Crippen LogP contribution in [0.1, 0.15) is 36.5 Å². The minimum absolute atomic E-state index is 0.789. The summed E-state index contributed by atoms with van der Waals surface area (Å²) in [6.07, 6.45) is 7.56. The lowest BCUT2D eigenvalue weighted by Gasteiger charge is -2.16. The summed E-state index contributed by atoms with van der Waals surface area (Å²) in [5.41, 5.74) is 4.84. The first kappa shape index (κ1) is 17.5. The van der Waals surface area contributed by atoms with Gasteiger partial charge in [-0.25, -0.2) is 0 Å². The summed E-state index contributed by atoms with van der Waals surface area (Å²) in [5, 5.41) is 2.53. The van der Waals surface area contributed by atoms with Crippen molar-refractivity contribution in [1.29, 1.82) is 0 Å². The fourth-order valence-corrected chi connectivity index (χ4v) is 3.54. The van der Waals surface area contributed by atoms with Crippen LogP contribution in [0.5, 0.6) is 5.75 Å². The van der Waals surface area contributed by atoms with Gasteiger partial charge in [0.2, 0.25) is 0 Å². The highest BCUT2D eigenvalue weighted by Crippen LogP contribution is 2.24. The highest BCUT2D eigenvalue weighted by Gasteiger charge is 2.13. The Bertz CT molecular complexity index is 995. The van der Waals surface area contributed by atoms with E-state index in [2.05, 4.69) is 79.7 Å². The van der Waals surface area contributed by atoms with E-state index in [1.54, 1.807) is 0 Å². The summed E-state index contributed by atoms with van der Waals surface area (Å²) >= 11 is 0. The van der Waals surface area contributed by atoms with Crippen molar-refractivity contribution in [2.45, 2.75) is 26.2 Å². The summed E-state index contributed by atoms with van der Waals surface area (Å²) < 4.78 is 5.87. The number of nitrogens with zero attached hydrogens (tertiary/aromatic N) is 1. The Morgan fingerprint density at radius 1 is 1.00 bits per heavy atom. The Kier molecular flexibility index (Phi) is 5.34. The number of benzene rings is 3. The molecule has 0 bridgehead atoms. The highest BCUT2D eigenvalue weighted by molar-refractivity contribution is 6.13. The summed E-state index contributed by atoms with van der Waals surface area (Å²) in [6.45, 7) is 3.80. The molecular formula is C25H25NO. The van der Waals surface area contributed by atoms with Crippen molar-refractivity contribution in [3.8, 4) is 5.75 Å². The second-order valence-corrected chi connectivity index (χ2v) is 6.94. The summed E-state index contributed by atoms with van der Waals surface area (Å²) in [7, 11) is 0. The molecule has 1 aliphatic rings. The highest BCUT2D eigenvalue weighted by atomic mass is 16.5. The number of ether oxygens (including phenoxy) is 1. The molecule has 3 aromatic rings. The van der Waals surface area contributed by atoms with Crippen LogP contribution in [-0.2, 0) is 6.42 Å². The van der Waals surface area contributed by atoms with E-state index >= 15 is 0 Å². The molecule has 2 nitrogen and oxygen atoms in total. The third-order valence-corrected chi connectivity index (χ3v) is 5.03. The van der Waals surface area contributed by atoms with Crippen LogP contribution < -0.4 is 4.74 Å². The molecule has 0 spiro atoms. The van der Waals surface area contributed by atoms with Gasteiger partial charge in [0.05, 0.1) is 12.3 Å². The lowest BCUT2D eigenvalue weighted by molar-refractivity contribution is 0.309. The number of allylic oxidation sites excluding steroid dienone is 1. The van der Waals surface area contributed by atoms with Crippen LogP contribution in [0.15, 0.2) is 71.7 Å². The van der Waals surface area contributed by atoms with Gasteiger partial charge in [-0.2, -0.15) is 0 Å². The normalized spacial score (nSPS) is 13.6. The van der Waals surface area contributed by atoms with Gasteiger partial charge in [0.1, 0.15) is 5.75 Å². The number of hydrogen-bond donors (Lipinski definition) is 0. The van der Waals surface area contributed by atoms with E-state index in [0.717, 1.165) is 43.9 Å². The number of aliphatic imine (C=N–C) groups is 1. The zero-order chi connectivity index (χ0) is 18.5. The molecule has 27 heavy (non-hydrogen) atoms. The summed E-state index contributed by atoms with van der Waals surface area (Å²) in [6, 6.07) is 21.3. The second-order valence-electron chi connectivity index (χ2n) is 6.94. The monoisotopic (exact) mass is 355 g/mol. The standard InChI is InChI=1S/C25H25NO/c1-2-3-17-27-22-12-13-24-21(18-22)15-16-26-25(24)14-11-20-9-6-8-19-7-4-5-10-23(19)20/h4-14,18H,2-3,15-17H2,1H3. The first-order valence-electron chi connectivity index (χ1n) is 9.81. The largest absolute Gasteiger partial charge is 0.494 e. The molecule has 0 amide bonds. The molecule has 0 saturated heterocycles. The maximum Gasteiger partial charge on any atom is 0.119 e. The van der Waals surface area contributed by atoms with Crippen molar-refractivity contribution in [2.75, 3.05) is 13.2 Å². The topological polar surface area (TPSA) is 21.6 Å². The van der Waals surface area contributed by atoms with E-state index in [-0.39, 0.29) is 0 Å². The van der Waals surface area contributed by atoms with E-state index in [9.17, 15) is 0 Å². The zero-order valence-electron chi connectivity index (χ0n) is 15.8. The fourth-order valence-electron chi connectivity index (χ4n) is 3.54. The third-order valence-electron chi connectivity index (χ3n) is 5.03.